The molecule has 0 radical (unpaired) electrons. The van der Waals surface area contributed by atoms with Crippen molar-refractivity contribution >= 4 is 17.5 Å². The molecule has 6 heteroatoms. The van der Waals surface area contributed by atoms with Gasteiger partial charge in [-0.3, -0.25) is 9.59 Å². The number of carbonyl (C=O) groups excluding carboxylic acids is 2. The minimum Gasteiger partial charge on any atom is -0.345 e. The van der Waals surface area contributed by atoms with Gasteiger partial charge in [0.15, 0.2) is 0 Å². The van der Waals surface area contributed by atoms with Crippen LogP contribution in [0.2, 0.25) is 0 Å². The molecule has 2 aromatic rings. The Bertz CT molecular complexity index is 688. The van der Waals surface area contributed by atoms with E-state index in [0.717, 1.165) is 37.1 Å². The number of amides is 2. The molecule has 126 valence electrons. The summed E-state index contributed by atoms with van der Waals surface area (Å²) in [5.74, 6) is 0.685. The van der Waals surface area contributed by atoms with Crippen LogP contribution in [0.3, 0.4) is 0 Å². The second-order valence-electron chi connectivity index (χ2n) is 6.23. The van der Waals surface area contributed by atoms with Crippen molar-refractivity contribution in [2.45, 2.75) is 38.6 Å². The highest BCUT2D eigenvalue weighted by molar-refractivity contribution is 5.97. The Kier molecular flexibility index (Phi) is 4.93. The number of imidazole rings is 1. The summed E-state index contributed by atoms with van der Waals surface area (Å²) in [6, 6.07) is 7.02. The van der Waals surface area contributed by atoms with E-state index in [4.69, 9.17) is 0 Å². The number of H-pyrrole nitrogens is 1. The summed E-state index contributed by atoms with van der Waals surface area (Å²) in [4.78, 5) is 31.3. The summed E-state index contributed by atoms with van der Waals surface area (Å²) >= 11 is 0. The van der Waals surface area contributed by atoms with Gasteiger partial charge in [-0.15, -0.1) is 0 Å². The molecule has 3 rings (SSSR count). The van der Waals surface area contributed by atoms with Crippen LogP contribution in [0.4, 0.5) is 5.69 Å². The Labute approximate surface area is 141 Å². The molecule has 1 aliphatic rings. The summed E-state index contributed by atoms with van der Waals surface area (Å²) in [5.41, 5.74) is 1.66. The van der Waals surface area contributed by atoms with E-state index >= 15 is 0 Å². The van der Waals surface area contributed by atoms with Gasteiger partial charge in [0.05, 0.1) is 0 Å². The van der Waals surface area contributed by atoms with E-state index in [-0.39, 0.29) is 17.7 Å². The topological polar surface area (TPSA) is 86.9 Å². The maximum Gasteiger partial charge on any atom is 0.247 e. The van der Waals surface area contributed by atoms with Crippen molar-refractivity contribution in [3.8, 4) is 11.4 Å². The fourth-order valence-electron chi connectivity index (χ4n) is 3.26. The van der Waals surface area contributed by atoms with Crippen LogP contribution in [0.15, 0.2) is 36.7 Å². The number of aromatic nitrogens is 2. The van der Waals surface area contributed by atoms with Gasteiger partial charge in [-0.1, -0.05) is 12.8 Å². The van der Waals surface area contributed by atoms with Crippen molar-refractivity contribution in [1.82, 2.24) is 15.3 Å². The molecule has 3 N–H and O–H groups in total. The smallest absolute Gasteiger partial charge is 0.247 e. The quantitative estimate of drug-likeness (QED) is 0.789. The third kappa shape index (κ3) is 3.82. The fraction of sp³-hybridized carbons (Fsp3) is 0.389. The van der Waals surface area contributed by atoms with Gasteiger partial charge < -0.3 is 15.6 Å². The fourth-order valence-corrected chi connectivity index (χ4v) is 3.26. The number of hydrogen-bond acceptors (Lipinski definition) is 3. The van der Waals surface area contributed by atoms with Gasteiger partial charge in [0.25, 0.3) is 0 Å². The molecular weight excluding hydrogens is 304 g/mol. The zero-order valence-corrected chi connectivity index (χ0v) is 13.7. The van der Waals surface area contributed by atoms with Crippen molar-refractivity contribution in [2.24, 2.45) is 5.92 Å². The third-order valence-corrected chi connectivity index (χ3v) is 4.44. The van der Waals surface area contributed by atoms with Gasteiger partial charge in [-0.25, -0.2) is 4.98 Å². The summed E-state index contributed by atoms with van der Waals surface area (Å²) in [7, 11) is 0. The molecule has 0 bridgehead atoms. The highest BCUT2D eigenvalue weighted by Gasteiger charge is 2.31. The van der Waals surface area contributed by atoms with Crippen LogP contribution < -0.4 is 10.6 Å². The van der Waals surface area contributed by atoms with Crippen LogP contribution in [0.25, 0.3) is 11.4 Å². The van der Waals surface area contributed by atoms with E-state index in [1.807, 2.05) is 24.3 Å². The van der Waals surface area contributed by atoms with Gasteiger partial charge in [0.2, 0.25) is 11.8 Å². The number of benzene rings is 1. The molecule has 0 aliphatic heterocycles. The lowest BCUT2D eigenvalue weighted by molar-refractivity contribution is -0.126. The summed E-state index contributed by atoms with van der Waals surface area (Å²) in [6.07, 6.45) is 7.67. The standard InChI is InChI=1S/C18H22N4O2/c1-12(23)21-16(13-4-2-3-5-13)18(24)22-15-8-6-14(7-9-15)17-19-10-11-20-17/h6-11,13,16H,2-5H2,1H3,(H,19,20)(H,21,23)(H,22,24). The number of nitrogens with zero attached hydrogens (tertiary/aromatic N) is 1. The molecule has 0 spiro atoms. The molecule has 1 fully saturated rings. The van der Waals surface area contributed by atoms with E-state index in [1.165, 1.54) is 6.92 Å². The molecule has 1 atom stereocenters. The number of nitrogens with one attached hydrogen (secondary N) is 3. The summed E-state index contributed by atoms with van der Waals surface area (Å²) in [6.45, 7) is 1.45. The highest BCUT2D eigenvalue weighted by atomic mass is 16.2. The summed E-state index contributed by atoms with van der Waals surface area (Å²) in [5, 5.41) is 5.72. The van der Waals surface area contributed by atoms with E-state index in [0.29, 0.717) is 5.69 Å². The first kappa shape index (κ1) is 16.2. The van der Waals surface area contributed by atoms with Crippen LogP contribution in [0, 0.1) is 5.92 Å². The Hall–Kier alpha value is -2.63. The van der Waals surface area contributed by atoms with Gasteiger partial charge in [-0.2, -0.15) is 0 Å². The molecular formula is C18H22N4O2. The van der Waals surface area contributed by atoms with Crippen molar-refractivity contribution in [3.63, 3.8) is 0 Å². The SMILES string of the molecule is CC(=O)NC(C(=O)Nc1ccc(-c2ncc[nH]2)cc1)C1CCCC1. The van der Waals surface area contributed by atoms with Crippen molar-refractivity contribution in [1.29, 1.82) is 0 Å². The lowest BCUT2D eigenvalue weighted by Crippen LogP contribution is -2.47. The average molecular weight is 326 g/mol. The number of carbonyl (C=O) groups is 2. The largest absolute Gasteiger partial charge is 0.345 e. The van der Waals surface area contributed by atoms with Gasteiger partial charge >= 0.3 is 0 Å². The van der Waals surface area contributed by atoms with Crippen LogP contribution in [-0.2, 0) is 9.59 Å². The van der Waals surface area contributed by atoms with Gasteiger partial charge in [0.1, 0.15) is 11.9 Å². The van der Waals surface area contributed by atoms with Crippen molar-refractivity contribution < 1.29 is 9.59 Å². The first-order chi connectivity index (χ1) is 11.6. The van der Waals surface area contributed by atoms with E-state index in [2.05, 4.69) is 20.6 Å². The summed E-state index contributed by atoms with van der Waals surface area (Å²) < 4.78 is 0. The lowest BCUT2D eigenvalue weighted by atomic mass is 9.97. The molecule has 1 heterocycles. The second kappa shape index (κ2) is 7.29. The number of anilines is 1. The average Bonchev–Trinajstić information content (AvgIpc) is 3.26. The first-order valence-corrected chi connectivity index (χ1v) is 8.31. The molecule has 1 unspecified atom stereocenters. The van der Waals surface area contributed by atoms with Crippen molar-refractivity contribution in [3.05, 3.63) is 36.7 Å². The molecule has 2 amide bonds. The molecule has 6 nitrogen and oxygen atoms in total. The molecule has 1 aliphatic carbocycles. The predicted octanol–water partition coefficient (Wildman–Crippen LogP) is 2.71. The van der Waals surface area contributed by atoms with Gasteiger partial charge in [-0.05, 0) is 43.0 Å². The van der Waals surface area contributed by atoms with Gasteiger partial charge in [0, 0.05) is 30.6 Å². The van der Waals surface area contributed by atoms with Crippen LogP contribution in [0.1, 0.15) is 32.6 Å². The van der Waals surface area contributed by atoms with E-state index in [1.54, 1.807) is 12.4 Å². The molecule has 1 aromatic heterocycles. The maximum atomic E-state index is 12.6. The molecule has 1 saturated carbocycles. The highest BCUT2D eigenvalue weighted by Crippen LogP contribution is 2.28. The van der Waals surface area contributed by atoms with E-state index < -0.39 is 6.04 Å². The number of hydrogen-bond donors (Lipinski definition) is 3. The zero-order valence-electron chi connectivity index (χ0n) is 13.7. The Morgan fingerprint density at radius 3 is 2.50 bits per heavy atom. The Morgan fingerprint density at radius 1 is 1.21 bits per heavy atom. The van der Waals surface area contributed by atoms with Crippen LogP contribution in [0.5, 0.6) is 0 Å². The Balaban J connectivity index is 1.68. The van der Waals surface area contributed by atoms with E-state index in [9.17, 15) is 9.59 Å². The molecule has 0 saturated heterocycles. The second-order valence-corrected chi connectivity index (χ2v) is 6.23. The maximum absolute atomic E-state index is 12.6. The Morgan fingerprint density at radius 2 is 1.92 bits per heavy atom. The number of aromatic amines is 1. The van der Waals surface area contributed by atoms with Crippen LogP contribution in [-0.4, -0.2) is 27.8 Å². The number of rotatable bonds is 5. The first-order valence-electron chi connectivity index (χ1n) is 8.31. The predicted molar refractivity (Wildman–Crippen MR) is 92.2 cm³/mol. The normalized spacial score (nSPS) is 15.9. The monoisotopic (exact) mass is 326 g/mol. The minimum atomic E-state index is -0.463. The minimum absolute atomic E-state index is 0.150. The van der Waals surface area contributed by atoms with Crippen LogP contribution >= 0.6 is 0 Å². The zero-order chi connectivity index (χ0) is 16.9. The van der Waals surface area contributed by atoms with Crippen molar-refractivity contribution in [2.75, 3.05) is 5.32 Å². The molecule has 24 heavy (non-hydrogen) atoms. The lowest BCUT2D eigenvalue weighted by Gasteiger charge is -2.23. The third-order valence-electron chi connectivity index (χ3n) is 4.44. The molecule has 1 aromatic carbocycles.